The highest BCUT2D eigenvalue weighted by Gasteiger charge is 2.18. The molecule has 0 aliphatic rings. The molecule has 0 aliphatic carbocycles. The van der Waals surface area contributed by atoms with E-state index in [2.05, 4.69) is 36.7 Å². The van der Waals surface area contributed by atoms with E-state index in [0.717, 1.165) is 10.6 Å². The quantitative estimate of drug-likeness (QED) is 0.871. The molecule has 90 valence electrons. The normalized spacial score (nSPS) is 12.7. The van der Waals surface area contributed by atoms with E-state index in [1.165, 1.54) is 16.0 Å². The number of halogens is 1. The van der Waals surface area contributed by atoms with Gasteiger partial charge in [0.15, 0.2) is 0 Å². The molecule has 1 unspecified atom stereocenters. The van der Waals surface area contributed by atoms with E-state index in [0.29, 0.717) is 0 Å². The summed E-state index contributed by atoms with van der Waals surface area (Å²) >= 11 is 7.98. The van der Waals surface area contributed by atoms with Gasteiger partial charge in [0, 0.05) is 9.90 Å². The van der Waals surface area contributed by atoms with Crippen LogP contribution in [0.3, 0.4) is 0 Å². The minimum absolute atomic E-state index is 0.230. The number of hydrogen-bond donors (Lipinski definition) is 1. The number of hydrogen-bond acceptors (Lipinski definition) is 2. The molecule has 0 saturated heterocycles. The molecular formula is C14H16ClNS. The molecule has 0 fully saturated rings. The summed E-state index contributed by atoms with van der Waals surface area (Å²) in [5.41, 5.74) is 3.74. The van der Waals surface area contributed by atoms with Crippen molar-refractivity contribution in [3.05, 3.63) is 56.2 Å². The van der Waals surface area contributed by atoms with Gasteiger partial charge in [-0.1, -0.05) is 23.7 Å². The summed E-state index contributed by atoms with van der Waals surface area (Å²) in [5, 5.41) is 6.35. The van der Waals surface area contributed by atoms with Crippen molar-refractivity contribution in [2.45, 2.75) is 19.9 Å². The van der Waals surface area contributed by atoms with E-state index in [-0.39, 0.29) is 6.04 Å². The number of rotatable bonds is 3. The number of benzene rings is 1. The summed E-state index contributed by atoms with van der Waals surface area (Å²) in [6.07, 6.45) is 0. The maximum absolute atomic E-state index is 6.19. The predicted octanol–water partition coefficient (Wildman–Crippen LogP) is 4.33. The van der Waals surface area contributed by atoms with Gasteiger partial charge in [-0.3, -0.25) is 0 Å². The number of nitrogens with one attached hydrogen (secondary N) is 1. The van der Waals surface area contributed by atoms with Gasteiger partial charge in [-0.25, -0.2) is 0 Å². The van der Waals surface area contributed by atoms with Crippen LogP contribution in [0.5, 0.6) is 0 Å². The first-order valence-corrected chi connectivity index (χ1v) is 6.87. The Morgan fingerprint density at radius 1 is 1.24 bits per heavy atom. The molecule has 0 radical (unpaired) electrons. The molecule has 2 rings (SSSR count). The summed E-state index contributed by atoms with van der Waals surface area (Å²) in [6.45, 7) is 4.22. The van der Waals surface area contributed by atoms with Crippen molar-refractivity contribution in [3.63, 3.8) is 0 Å². The third-order valence-electron chi connectivity index (χ3n) is 3.07. The Kier molecular flexibility index (Phi) is 3.87. The van der Waals surface area contributed by atoms with Crippen molar-refractivity contribution < 1.29 is 0 Å². The molecule has 1 nitrogen and oxygen atoms in total. The highest BCUT2D eigenvalue weighted by Crippen LogP contribution is 2.32. The molecule has 1 atom stereocenters. The molecule has 0 amide bonds. The van der Waals surface area contributed by atoms with E-state index >= 15 is 0 Å². The van der Waals surface area contributed by atoms with E-state index in [1.807, 2.05) is 19.2 Å². The fourth-order valence-electron chi connectivity index (χ4n) is 2.04. The third kappa shape index (κ3) is 2.39. The Labute approximate surface area is 111 Å². The van der Waals surface area contributed by atoms with Gasteiger partial charge >= 0.3 is 0 Å². The largest absolute Gasteiger partial charge is 0.309 e. The summed E-state index contributed by atoms with van der Waals surface area (Å²) in [4.78, 5) is 1.36. The van der Waals surface area contributed by atoms with Crippen molar-refractivity contribution in [2.75, 3.05) is 7.05 Å². The van der Waals surface area contributed by atoms with Gasteiger partial charge in [-0.2, -0.15) is 0 Å². The van der Waals surface area contributed by atoms with Gasteiger partial charge in [-0.15, -0.1) is 11.3 Å². The second-order valence-corrected chi connectivity index (χ2v) is 5.50. The van der Waals surface area contributed by atoms with E-state index in [1.54, 1.807) is 11.3 Å². The van der Waals surface area contributed by atoms with Crippen molar-refractivity contribution in [1.29, 1.82) is 0 Å². The van der Waals surface area contributed by atoms with Crippen LogP contribution >= 0.6 is 22.9 Å². The molecule has 0 bridgehead atoms. The second kappa shape index (κ2) is 5.21. The lowest BCUT2D eigenvalue weighted by Crippen LogP contribution is -2.18. The van der Waals surface area contributed by atoms with Crippen molar-refractivity contribution in [1.82, 2.24) is 5.32 Å². The first kappa shape index (κ1) is 12.6. The van der Waals surface area contributed by atoms with Gasteiger partial charge in [0.2, 0.25) is 0 Å². The average Bonchev–Trinajstić information content (AvgIpc) is 2.72. The maximum Gasteiger partial charge on any atom is 0.0674 e. The van der Waals surface area contributed by atoms with Crippen LogP contribution in [-0.4, -0.2) is 7.05 Å². The number of thiophene rings is 1. The van der Waals surface area contributed by atoms with Gasteiger partial charge in [0.05, 0.1) is 6.04 Å². The molecule has 2 aromatic rings. The zero-order chi connectivity index (χ0) is 12.4. The Bertz CT molecular complexity index is 519. The molecule has 1 N–H and O–H groups in total. The molecule has 0 aliphatic heterocycles. The van der Waals surface area contributed by atoms with Crippen LogP contribution in [-0.2, 0) is 0 Å². The van der Waals surface area contributed by atoms with E-state index < -0.39 is 0 Å². The average molecular weight is 266 g/mol. The molecule has 0 spiro atoms. The van der Waals surface area contributed by atoms with Crippen molar-refractivity contribution in [3.8, 4) is 0 Å². The Balaban J connectivity index is 2.50. The second-order valence-electron chi connectivity index (χ2n) is 4.14. The van der Waals surface area contributed by atoms with E-state index in [9.17, 15) is 0 Å². The summed E-state index contributed by atoms with van der Waals surface area (Å²) in [6, 6.07) is 8.48. The molecule has 17 heavy (non-hydrogen) atoms. The van der Waals surface area contributed by atoms with Crippen molar-refractivity contribution in [2.24, 2.45) is 0 Å². The topological polar surface area (TPSA) is 12.0 Å². The van der Waals surface area contributed by atoms with Crippen LogP contribution < -0.4 is 5.32 Å². The molecule has 1 aromatic carbocycles. The lowest BCUT2D eigenvalue weighted by atomic mass is 9.98. The highest BCUT2D eigenvalue weighted by atomic mass is 35.5. The molecular weight excluding hydrogens is 250 g/mol. The SMILES string of the molecule is CNC(c1cccc(Cl)c1C)c1sccc1C. The first-order valence-electron chi connectivity index (χ1n) is 5.61. The molecule has 0 saturated carbocycles. The minimum Gasteiger partial charge on any atom is -0.309 e. The lowest BCUT2D eigenvalue weighted by molar-refractivity contribution is 0.696. The van der Waals surface area contributed by atoms with Crippen LogP contribution in [0.15, 0.2) is 29.6 Å². The zero-order valence-corrected chi connectivity index (χ0v) is 11.8. The van der Waals surface area contributed by atoms with Crippen LogP contribution in [0.4, 0.5) is 0 Å². The van der Waals surface area contributed by atoms with Crippen LogP contribution in [0.1, 0.15) is 27.6 Å². The van der Waals surface area contributed by atoms with Crippen LogP contribution in [0.2, 0.25) is 5.02 Å². The Morgan fingerprint density at radius 3 is 2.59 bits per heavy atom. The van der Waals surface area contributed by atoms with Gasteiger partial charge in [-0.05, 0) is 55.1 Å². The zero-order valence-electron chi connectivity index (χ0n) is 10.3. The van der Waals surface area contributed by atoms with Gasteiger partial charge in [0.1, 0.15) is 0 Å². The Hall–Kier alpha value is -0.830. The lowest BCUT2D eigenvalue weighted by Gasteiger charge is -2.19. The summed E-state index contributed by atoms with van der Waals surface area (Å²) in [5.74, 6) is 0. The molecule has 1 heterocycles. The smallest absolute Gasteiger partial charge is 0.0674 e. The fourth-order valence-corrected chi connectivity index (χ4v) is 3.28. The fraction of sp³-hybridized carbons (Fsp3) is 0.286. The standard InChI is InChI=1S/C14H16ClNS/c1-9-7-8-17-14(9)13(16-3)11-5-4-6-12(15)10(11)2/h4-8,13,16H,1-3H3. The van der Waals surface area contributed by atoms with Crippen molar-refractivity contribution >= 4 is 22.9 Å². The maximum atomic E-state index is 6.19. The van der Waals surface area contributed by atoms with Crippen LogP contribution in [0, 0.1) is 13.8 Å². The molecule has 3 heteroatoms. The molecule has 1 aromatic heterocycles. The van der Waals surface area contributed by atoms with Crippen LogP contribution in [0.25, 0.3) is 0 Å². The summed E-state index contributed by atoms with van der Waals surface area (Å²) < 4.78 is 0. The predicted molar refractivity (Wildman–Crippen MR) is 76.1 cm³/mol. The summed E-state index contributed by atoms with van der Waals surface area (Å²) in [7, 11) is 1.99. The minimum atomic E-state index is 0.230. The highest BCUT2D eigenvalue weighted by molar-refractivity contribution is 7.10. The number of aryl methyl sites for hydroxylation is 1. The third-order valence-corrected chi connectivity index (χ3v) is 4.57. The van der Waals surface area contributed by atoms with E-state index in [4.69, 9.17) is 11.6 Å². The Morgan fingerprint density at radius 2 is 2.00 bits per heavy atom. The van der Waals surface area contributed by atoms with Gasteiger partial charge < -0.3 is 5.32 Å². The van der Waals surface area contributed by atoms with Gasteiger partial charge in [0.25, 0.3) is 0 Å². The monoisotopic (exact) mass is 265 g/mol. The first-order chi connectivity index (χ1) is 8.15.